The van der Waals surface area contributed by atoms with Crippen molar-refractivity contribution in [2.75, 3.05) is 72.6 Å². The topological polar surface area (TPSA) is 68.3 Å². The minimum absolute atomic E-state index is 0.0858. The van der Waals surface area contributed by atoms with Crippen LogP contribution in [0.5, 0.6) is 0 Å². The van der Waals surface area contributed by atoms with Gasteiger partial charge in [0.2, 0.25) is 5.91 Å². The number of hydrogen-bond acceptors (Lipinski definition) is 6. The maximum atomic E-state index is 12.8. The van der Waals surface area contributed by atoms with E-state index < -0.39 is 0 Å². The summed E-state index contributed by atoms with van der Waals surface area (Å²) in [6, 6.07) is 10.8. The zero-order valence-electron chi connectivity index (χ0n) is 19.5. The van der Waals surface area contributed by atoms with E-state index in [9.17, 15) is 9.90 Å². The average molecular weight is 445 g/mol. The molecule has 3 fully saturated rings. The molecule has 0 radical (unpaired) electrons. The summed E-state index contributed by atoms with van der Waals surface area (Å²) in [6.07, 6.45) is 3.28. The highest BCUT2D eigenvalue weighted by atomic mass is 16.5. The first-order valence-electron chi connectivity index (χ1n) is 12.3. The number of ether oxygens (including phenoxy) is 1. The molecule has 1 amide bonds. The van der Waals surface area contributed by atoms with Gasteiger partial charge in [-0.05, 0) is 38.3 Å². The lowest BCUT2D eigenvalue weighted by Crippen LogP contribution is -2.52. The molecular weight excluding hydrogens is 404 g/mol. The van der Waals surface area contributed by atoms with Crippen LogP contribution in [0.2, 0.25) is 0 Å². The van der Waals surface area contributed by atoms with Crippen LogP contribution in [0.15, 0.2) is 30.3 Å². The maximum absolute atomic E-state index is 12.8. The van der Waals surface area contributed by atoms with Crippen molar-refractivity contribution in [3.63, 3.8) is 0 Å². The van der Waals surface area contributed by atoms with Crippen LogP contribution in [0.1, 0.15) is 31.2 Å². The van der Waals surface area contributed by atoms with Crippen molar-refractivity contribution < 1.29 is 14.6 Å². The Kier molecular flexibility index (Phi) is 8.18. The molecule has 2 N–H and O–H groups in total. The molecule has 0 unspecified atom stereocenters. The van der Waals surface area contributed by atoms with Crippen molar-refractivity contribution in [3.05, 3.63) is 35.9 Å². The standard InChI is InChI=1S/C25H40N4O3/c1-27-11-13-29(14-12-27)22-7-9-25(10-8-23(22)30,21-5-3-2-4-6-21)20-26-24(31)19-28-15-17-32-18-16-28/h2-6,22-23,30H,7-20H2,1H3,(H,26,31)/t22-,23-,25-/m0/s1. The summed E-state index contributed by atoms with van der Waals surface area (Å²) in [6.45, 7) is 8.25. The second-order valence-corrected chi connectivity index (χ2v) is 9.86. The number of nitrogens with zero attached hydrogens (tertiary/aromatic N) is 3. The number of aliphatic hydroxyl groups excluding tert-OH is 1. The molecule has 32 heavy (non-hydrogen) atoms. The van der Waals surface area contributed by atoms with E-state index in [1.807, 2.05) is 6.07 Å². The Bertz CT molecular complexity index is 719. The van der Waals surface area contributed by atoms with E-state index in [0.717, 1.165) is 65.0 Å². The number of piperazine rings is 1. The van der Waals surface area contributed by atoms with Crippen LogP contribution in [-0.2, 0) is 14.9 Å². The van der Waals surface area contributed by atoms with Crippen molar-refractivity contribution in [2.45, 2.75) is 43.2 Å². The summed E-state index contributed by atoms with van der Waals surface area (Å²) in [4.78, 5) is 19.8. The summed E-state index contributed by atoms with van der Waals surface area (Å²) in [7, 11) is 2.17. The number of carbonyl (C=O) groups excluding carboxylic acids is 1. The molecule has 3 aliphatic rings. The fraction of sp³-hybridized carbons (Fsp3) is 0.720. The number of likely N-dealkylation sites (N-methyl/N-ethyl adjacent to an activating group) is 1. The monoisotopic (exact) mass is 444 g/mol. The Morgan fingerprint density at radius 3 is 2.47 bits per heavy atom. The fourth-order valence-corrected chi connectivity index (χ4v) is 5.58. The maximum Gasteiger partial charge on any atom is 0.234 e. The molecule has 1 saturated carbocycles. The van der Waals surface area contributed by atoms with E-state index in [1.165, 1.54) is 5.56 Å². The van der Waals surface area contributed by atoms with Gasteiger partial charge in [-0.2, -0.15) is 0 Å². The van der Waals surface area contributed by atoms with Crippen molar-refractivity contribution in [1.82, 2.24) is 20.0 Å². The quantitative estimate of drug-likeness (QED) is 0.636. The molecule has 2 heterocycles. The van der Waals surface area contributed by atoms with Crippen LogP contribution in [0.25, 0.3) is 0 Å². The molecular formula is C25H40N4O3. The van der Waals surface area contributed by atoms with Crippen LogP contribution >= 0.6 is 0 Å². The molecule has 3 atom stereocenters. The Balaban J connectivity index is 1.44. The van der Waals surface area contributed by atoms with Gasteiger partial charge in [0, 0.05) is 57.3 Å². The second kappa shape index (κ2) is 11.1. The number of rotatable bonds is 6. The van der Waals surface area contributed by atoms with E-state index >= 15 is 0 Å². The Morgan fingerprint density at radius 2 is 1.75 bits per heavy atom. The summed E-state index contributed by atoms with van der Waals surface area (Å²) in [5.74, 6) is 0.0858. The number of aliphatic hydroxyl groups is 1. The van der Waals surface area contributed by atoms with Crippen molar-refractivity contribution in [2.24, 2.45) is 0 Å². The van der Waals surface area contributed by atoms with Crippen LogP contribution in [0, 0.1) is 0 Å². The molecule has 178 valence electrons. The predicted octanol–water partition coefficient (Wildman–Crippen LogP) is 0.924. The van der Waals surface area contributed by atoms with Gasteiger partial charge in [-0.1, -0.05) is 30.3 Å². The molecule has 2 aliphatic heterocycles. The lowest BCUT2D eigenvalue weighted by molar-refractivity contribution is -0.123. The lowest BCUT2D eigenvalue weighted by atomic mass is 9.74. The third-order valence-corrected chi connectivity index (χ3v) is 7.77. The van der Waals surface area contributed by atoms with Crippen LogP contribution in [0.3, 0.4) is 0 Å². The highest BCUT2D eigenvalue weighted by Gasteiger charge is 2.40. The van der Waals surface area contributed by atoms with E-state index in [0.29, 0.717) is 26.3 Å². The number of hydrogen-bond donors (Lipinski definition) is 2. The summed E-state index contributed by atoms with van der Waals surface area (Å²) >= 11 is 0. The van der Waals surface area contributed by atoms with Gasteiger partial charge < -0.3 is 20.1 Å². The zero-order chi connectivity index (χ0) is 22.4. The summed E-state index contributed by atoms with van der Waals surface area (Å²) in [5.41, 5.74) is 1.14. The van der Waals surface area contributed by atoms with E-state index in [4.69, 9.17) is 4.74 Å². The molecule has 0 aromatic heterocycles. The Labute approximate surface area is 192 Å². The van der Waals surface area contributed by atoms with Crippen molar-refractivity contribution in [1.29, 1.82) is 0 Å². The summed E-state index contributed by atoms with van der Waals surface area (Å²) in [5, 5.41) is 14.3. The third-order valence-electron chi connectivity index (χ3n) is 7.77. The first-order chi connectivity index (χ1) is 15.6. The SMILES string of the molecule is CN1CCN([C@H]2CC[C@](CNC(=O)CN3CCOCC3)(c3ccccc3)CC[C@@H]2O)CC1. The molecule has 7 heteroatoms. The van der Waals surface area contributed by atoms with E-state index in [-0.39, 0.29) is 23.5 Å². The average Bonchev–Trinajstić information content (AvgIpc) is 2.99. The van der Waals surface area contributed by atoms with Crippen LogP contribution in [0.4, 0.5) is 0 Å². The van der Waals surface area contributed by atoms with Crippen LogP contribution < -0.4 is 5.32 Å². The van der Waals surface area contributed by atoms with E-state index in [2.05, 4.69) is 51.3 Å². The number of nitrogens with one attached hydrogen (secondary N) is 1. The molecule has 4 rings (SSSR count). The molecule has 0 spiro atoms. The van der Waals surface area contributed by atoms with Gasteiger partial charge in [-0.25, -0.2) is 0 Å². The number of benzene rings is 1. The number of morpholine rings is 1. The lowest BCUT2D eigenvalue weighted by Gasteiger charge is -2.39. The van der Waals surface area contributed by atoms with Gasteiger partial charge in [0.15, 0.2) is 0 Å². The van der Waals surface area contributed by atoms with Gasteiger partial charge in [-0.15, -0.1) is 0 Å². The smallest absolute Gasteiger partial charge is 0.234 e. The molecule has 1 aromatic carbocycles. The normalized spacial score (nSPS) is 31.2. The minimum atomic E-state index is -0.312. The zero-order valence-corrected chi connectivity index (χ0v) is 19.5. The van der Waals surface area contributed by atoms with Crippen molar-refractivity contribution in [3.8, 4) is 0 Å². The molecule has 1 aliphatic carbocycles. The van der Waals surface area contributed by atoms with Gasteiger partial charge in [-0.3, -0.25) is 14.6 Å². The van der Waals surface area contributed by atoms with Gasteiger partial charge in [0.05, 0.1) is 25.9 Å². The highest BCUT2D eigenvalue weighted by Crippen LogP contribution is 2.39. The van der Waals surface area contributed by atoms with Crippen LogP contribution in [-0.4, -0.2) is 110 Å². The highest BCUT2D eigenvalue weighted by molar-refractivity contribution is 5.78. The number of carbonyl (C=O) groups is 1. The third kappa shape index (κ3) is 5.88. The largest absolute Gasteiger partial charge is 0.391 e. The van der Waals surface area contributed by atoms with E-state index in [1.54, 1.807) is 0 Å². The predicted molar refractivity (Wildman–Crippen MR) is 126 cm³/mol. The van der Waals surface area contributed by atoms with Crippen molar-refractivity contribution >= 4 is 5.91 Å². The van der Waals surface area contributed by atoms with Gasteiger partial charge in [0.1, 0.15) is 0 Å². The Morgan fingerprint density at radius 1 is 1.06 bits per heavy atom. The molecule has 2 saturated heterocycles. The first-order valence-corrected chi connectivity index (χ1v) is 12.3. The van der Waals surface area contributed by atoms with Gasteiger partial charge >= 0.3 is 0 Å². The molecule has 1 aromatic rings. The first kappa shape index (κ1) is 23.6. The number of amides is 1. The fourth-order valence-electron chi connectivity index (χ4n) is 5.58. The second-order valence-electron chi connectivity index (χ2n) is 9.86. The Hall–Kier alpha value is -1.51. The summed E-state index contributed by atoms with van der Waals surface area (Å²) < 4.78 is 5.40. The minimum Gasteiger partial charge on any atom is -0.391 e. The molecule has 0 bridgehead atoms. The van der Waals surface area contributed by atoms with Gasteiger partial charge in [0.25, 0.3) is 0 Å². The molecule has 7 nitrogen and oxygen atoms in total.